The number of halogens is 2. The second-order valence-corrected chi connectivity index (χ2v) is 5.72. The monoisotopic (exact) mass is 293 g/mol. The number of rotatable bonds is 6. The van der Waals surface area contributed by atoms with E-state index in [2.05, 4.69) is 24.3 Å². The van der Waals surface area contributed by atoms with Gasteiger partial charge in [-0.25, -0.2) is 8.78 Å². The van der Waals surface area contributed by atoms with Gasteiger partial charge in [-0.15, -0.1) is 0 Å². The van der Waals surface area contributed by atoms with Gasteiger partial charge in [0, 0.05) is 23.9 Å². The molecule has 0 bridgehead atoms. The van der Waals surface area contributed by atoms with Crippen molar-refractivity contribution in [2.75, 3.05) is 6.54 Å². The molecule has 1 aromatic carbocycles. The van der Waals surface area contributed by atoms with E-state index in [0.717, 1.165) is 30.4 Å². The molecule has 0 fully saturated rings. The quantitative estimate of drug-likeness (QED) is 0.886. The van der Waals surface area contributed by atoms with Gasteiger partial charge in [0.15, 0.2) is 0 Å². The Morgan fingerprint density at radius 2 is 1.86 bits per heavy atom. The minimum Gasteiger partial charge on any atom is -0.312 e. The number of nitrogens with one attached hydrogen (secondary N) is 1. The summed E-state index contributed by atoms with van der Waals surface area (Å²) in [6.45, 7) is 8.34. The van der Waals surface area contributed by atoms with Crippen molar-refractivity contribution in [1.82, 2.24) is 15.1 Å². The van der Waals surface area contributed by atoms with Crippen LogP contribution in [0, 0.1) is 24.5 Å². The smallest absolute Gasteiger partial charge is 0.126 e. The summed E-state index contributed by atoms with van der Waals surface area (Å²) in [5, 5.41) is 7.66. The molecule has 0 radical (unpaired) electrons. The lowest BCUT2D eigenvalue weighted by Gasteiger charge is -2.08. The van der Waals surface area contributed by atoms with Gasteiger partial charge in [-0.2, -0.15) is 5.10 Å². The second-order valence-electron chi connectivity index (χ2n) is 5.72. The van der Waals surface area contributed by atoms with Crippen molar-refractivity contribution in [2.24, 2.45) is 5.92 Å². The molecule has 114 valence electrons. The predicted molar refractivity (Wildman–Crippen MR) is 79.0 cm³/mol. The first kappa shape index (κ1) is 15.6. The Hall–Kier alpha value is -1.75. The van der Waals surface area contributed by atoms with Gasteiger partial charge in [-0.05, 0) is 37.1 Å². The van der Waals surface area contributed by atoms with E-state index in [1.54, 1.807) is 10.9 Å². The number of benzene rings is 1. The second kappa shape index (κ2) is 6.80. The SMILES string of the molecule is Cc1c(CNCC(C)C)cnn1Cc1cc(F)cc(F)c1. The van der Waals surface area contributed by atoms with Gasteiger partial charge in [-0.1, -0.05) is 13.8 Å². The zero-order chi connectivity index (χ0) is 15.4. The van der Waals surface area contributed by atoms with Gasteiger partial charge in [0.2, 0.25) is 0 Å². The molecule has 1 N–H and O–H groups in total. The van der Waals surface area contributed by atoms with Crippen LogP contribution in [0.2, 0.25) is 0 Å². The number of hydrogen-bond acceptors (Lipinski definition) is 2. The Morgan fingerprint density at radius 1 is 1.19 bits per heavy atom. The summed E-state index contributed by atoms with van der Waals surface area (Å²) in [4.78, 5) is 0. The first-order chi connectivity index (χ1) is 9.95. The molecule has 0 aliphatic rings. The van der Waals surface area contributed by atoms with E-state index in [4.69, 9.17) is 0 Å². The third kappa shape index (κ3) is 4.36. The average Bonchev–Trinajstić information content (AvgIpc) is 2.70. The lowest BCUT2D eigenvalue weighted by molar-refractivity contribution is 0.550. The highest BCUT2D eigenvalue weighted by Gasteiger charge is 2.08. The van der Waals surface area contributed by atoms with Crippen molar-refractivity contribution in [1.29, 1.82) is 0 Å². The van der Waals surface area contributed by atoms with Gasteiger partial charge in [0.25, 0.3) is 0 Å². The Balaban J connectivity index is 2.06. The fourth-order valence-electron chi connectivity index (χ4n) is 2.19. The van der Waals surface area contributed by atoms with Gasteiger partial charge in [0.1, 0.15) is 11.6 Å². The molecule has 21 heavy (non-hydrogen) atoms. The van der Waals surface area contributed by atoms with Gasteiger partial charge >= 0.3 is 0 Å². The predicted octanol–water partition coefficient (Wildman–Crippen LogP) is 3.26. The highest BCUT2D eigenvalue weighted by atomic mass is 19.1. The molecule has 1 heterocycles. The van der Waals surface area contributed by atoms with Crippen molar-refractivity contribution in [3.8, 4) is 0 Å². The maximum Gasteiger partial charge on any atom is 0.126 e. The van der Waals surface area contributed by atoms with Crippen molar-refractivity contribution < 1.29 is 8.78 Å². The Labute approximate surface area is 124 Å². The summed E-state index contributed by atoms with van der Waals surface area (Å²) < 4.78 is 28.2. The van der Waals surface area contributed by atoms with E-state index in [9.17, 15) is 8.78 Å². The highest BCUT2D eigenvalue weighted by molar-refractivity contribution is 5.21. The molecule has 0 spiro atoms. The minimum atomic E-state index is -0.561. The van der Waals surface area contributed by atoms with Crippen LogP contribution in [-0.4, -0.2) is 16.3 Å². The molecule has 0 saturated carbocycles. The van der Waals surface area contributed by atoms with E-state index in [-0.39, 0.29) is 0 Å². The number of nitrogens with zero attached hydrogens (tertiary/aromatic N) is 2. The van der Waals surface area contributed by atoms with E-state index in [1.807, 2.05) is 6.92 Å². The standard InChI is InChI=1S/C16H21F2N3/c1-11(2)7-19-8-14-9-20-21(12(14)3)10-13-4-15(17)6-16(18)5-13/h4-6,9,11,19H,7-8,10H2,1-3H3. The molecule has 2 rings (SSSR count). The fourth-order valence-corrected chi connectivity index (χ4v) is 2.19. The van der Waals surface area contributed by atoms with E-state index in [0.29, 0.717) is 18.0 Å². The summed E-state index contributed by atoms with van der Waals surface area (Å²) in [5.74, 6) is -0.530. The van der Waals surface area contributed by atoms with Crippen LogP contribution in [0.15, 0.2) is 24.4 Å². The summed E-state index contributed by atoms with van der Waals surface area (Å²) in [7, 11) is 0. The van der Waals surface area contributed by atoms with Crippen molar-refractivity contribution >= 4 is 0 Å². The third-order valence-electron chi connectivity index (χ3n) is 3.33. The van der Waals surface area contributed by atoms with Crippen LogP contribution in [0.1, 0.15) is 30.7 Å². The molecule has 5 heteroatoms. The highest BCUT2D eigenvalue weighted by Crippen LogP contribution is 2.13. The van der Waals surface area contributed by atoms with Crippen molar-refractivity contribution in [3.05, 3.63) is 52.9 Å². The lowest BCUT2D eigenvalue weighted by Crippen LogP contribution is -2.19. The van der Waals surface area contributed by atoms with E-state index < -0.39 is 11.6 Å². The van der Waals surface area contributed by atoms with Gasteiger partial charge in [-0.3, -0.25) is 4.68 Å². The lowest BCUT2D eigenvalue weighted by atomic mass is 10.2. The molecule has 0 amide bonds. The normalized spacial score (nSPS) is 11.3. The van der Waals surface area contributed by atoms with Crippen LogP contribution in [0.25, 0.3) is 0 Å². The minimum absolute atomic E-state index is 0.366. The molecule has 3 nitrogen and oxygen atoms in total. The Bertz CT molecular complexity index is 585. The van der Waals surface area contributed by atoms with Crippen LogP contribution in [0.3, 0.4) is 0 Å². The zero-order valence-electron chi connectivity index (χ0n) is 12.7. The van der Waals surface area contributed by atoms with Crippen LogP contribution in [0.4, 0.5) is 8.78 Å². The number of hydrogen-bond donors (Lipinski definition) is 1. The zero-order valence-corrected chi connectivity index (χ0v) is 12.7. The molecule has 0 unspecified atom stereocenters. The molecule has 0 atom stereocenters. The summed E-state index contributed by atoms with van der Waals surface area (Å²) in [6, 6.07) is 3.54. The Morgan fingerprint density at radius 3 is 2.48 bits per heavy atom. The molecule has 2 aromatic rings. The van der Waals surface area contributed by atoms with Gasteiger partial charge in [0.05, 0.1) is 12.7 Å². The average molecular weight is 293 g/mol. The maximum atomic E-state index is 13.2. The molecule has 0 saturated heterocycles. The molecule has 0 aliphatic carbocycles. The van der Waals surface area contributed by atoms with E-state index >= 15 is 0 Å². The maximum absolute atomic E-state index is 13.2. The van der Waals surface area contributed by atoms with Crippen LogP contribution < -0.4 is 5.32 Å². The first-order valence-corrected chi connectivity index (χ1v) is 7.12. The van der Waals surface area contributed by atoms with Crippen LogP contribution in [0.5, 0.6) is 0 Å². The molecule has 0 aliphatic heterocycles. The van der Waals surface area contributed by atoms with E-state index in [1.165, 1.54) is 12.1 Å². The topological polar surface area (TPSA) is 29.9 Å². The third-order valence-corrected chi connectivity index (χ3v) is 3.33. The van der Waals surface area contributed by atoms with Crippen LogP contribution >= 0.6 is 0 Å². The summed E-state index contributed by atoms with van der Waals surface area (Å²) in [5.41, 5.74) is 2.68. The molecular formula is C16H21F2N3. The first-order valence-electron chi connectivity index (χ1n) is 7.12. The number of aromatic nitrogens is 2. The summed E-state index contributed by atoms with van der Waals surface area (Å²) in [6.07, 6.45) is 1.80. The van der Waals surface area contributed by atoms with Crippen molar-refractivity contribution in [3.63, 3.8) is 0 Å². The largest absolute Gasteiger partial charge is 0.312 e. The fraction of sp³-hybridized carbons (Fsp3) is 0.438. The Kier molecular flexibility index (Phi) is 5.07. The summed E-state index contributed by atoms with van der Waals surface area (Å²) >= 11 is 0. The van der Waals surface area contributed by atoms with Gasteiger partial charge < -0.3 is 5.32 Å². The van der Waals surface area contributed by atoms with Crippen molar-refractivity contribution in [2.45, 2.75) is 33.9 Å². The molecule has 1 aromatic heterocycles. The molecular weight excluding hydrogens is 272 g/mol. The van der Waals surface area contributed by atoms with Crippen LogP contribution in [-0.2, 0) is 13.1 Å².